The van der Waals surface area contributed by atoms with Crippen LogP contribution in [0.25, 0.3) is 17.7 Å². The molecule has 2 aliphatic carbocycles. The lowest BCUT2D eigenvalue weighted by Gasteiger charge is -2.30. The fourth-order valence-corrected chi connectivity index (χ4v) is 6.33. The van der Waals surface area contributed by atoms with Gasteiger partial charge in [-0.15, -0.1) is 11.3 Å². The van der Waals surface area contributed by atoms with Crippen LogP contribution >= 0.6 is 11.3 Å². The van der Waals surface area contributed by atoms with Gasteiger partial charge in [0.2, 0.25) is 0 Å². The number of thiophene rings is 1. The zero-order valence-electron chi connectivity index (χ0n) is 21.5. The molecule has 1 amide bonds. The van der Waals surface area contributed by atoms with E-state index in [9.17, 15) is 9.59 Å². The number of aromatic nitrogens is 3. The number of allylic oxidation sites excluding steroid dienone is 1. The van der Waals surface area contributed by atoms with E-state index in [1.807, 2.05) is 52.4 Å². The summed E-state index contributed by atoms with van der Waals surface area (Å²) in [5.74, 6) is -0.229. The number of carbonyl (C=O) groups excluding carboxylic acids is 1. The molecule has 8 heteroatoms. The number of pyridine rings is 1. The molecule has 7 nitrogen and oxygen atoms in total. The first-order valence-corrected chi connectivity index (χ1v) is 13.4. The van der Waals surface area contributed by atoms with Gasteiger partial charge in [-0.2, -0.15) is 0 Å². The van der Waals surface area contributed by atoms with Crippen molar-refractivity contribution >= 4 is 35.0 Å². The van der Waals surface area contributed by atoms with Crippen molar-refractivity contribution in [3.05, 3.63) is 115 Å². The van der Waals surface area contributed by atoms with Gasteiger partial charge in [0.25, 0.3) is 5.91 Å². The first kappa shape index (κ1) is 24.3. The van der Waals surface area contributed by atoms with Gasteiger partial charge in [0.1, 0.15) is 0 Å². The second-order valence-electron chi connectivity index (χ2n) is 9.93. The topological polar surface area (TPSA) is 69.4 Å². The minimum absolute atomic E-state index is 0.123. The standard InChI is InChI=1S/C30H28N4O3S/c1-30-16-21-9-4-5-11-23(21)24(30)14-26-27(15-25(30)28(35)32(2)37-3)33(18-20-8-6-12-31-17-20)29(36)34(26)19-22-10-7-13-38-22/h4-15,17H,16,18-19H2,1-3H3/t30-/m0/s1. The first-order chi connectivity index (χ1) is 18.4. The maximum Gasteiger partial charge on any atom is 0.329 e. The van der Waals surface area contributed by atoms with Crippen LogP contribution in [0, 0.1) is 5.41 Å². The van der Waals surface area contributed by atoms with E-state index in [0.29, 0.717) is 30.8 Å². The molecule has 0 fully saturated rings. The Morgan fingerprint density at radius 2 is 1.87 bits per heavy atom. The Morgan fingerprint density at radius 3 is 2.61 bits per heavy atom. The summed E-state index contributed by atoms with van der Waals surface area (Å²) in [6.45, 7) is 2.92. The van der Waals surface area contributed by atoms with Crippen LogP contribution < -0.4 is 5.69 Å². The monoisotopic (exact) mass is 524 g/mol. The normalized spacial score (nSPS) is 17.7. The zero-order chi connectivity index (χ0) is 26.4. The smallest absolute Gasteiger partial charge is 0.287 e. The average Bonchev–Trinajstić information content (AvgIpc) is 3.58. The highest BCUT2D eigenvalue weighted by Crippen LogP contribution is 2.54. The molecule has 192 valence electrons. The Morgan fingerprint density at radius 1 is 1.08 bits per heavy atom. The number of likely N-dealkylation sites (N-methyl/N-ethyl adjacent to an activating group) is 1. The molecular weight excluding hydrogens is 496 g/mol. The lowest BCUT2D eigenvalue weighted by Crippen LogP contribution is -2.34. The molecule has 38 heavy (non-hydrogen) atoms. The molecule has 0 spiro atoms. The van der Waals surface area contributed by atoms with Gasteiger partial charge in [-0.1, -0.05) is 43.3 Å². The predicted molar refractivity (Wildman–Crippen MR) is 149 cm³/mol. The van der Waals surface area contributed by atoms with Crippen LogP contribution in [0.3, 0.4) is 0 Å². The predicted octanol–water partition coefficient (Wildman–Crippen LogP) is 4.72. The number of hydroxylamine groups is 2. The summed E-state index contributed by atoms with van der Waals surface area (Å²) in [4.78, 5) is 38.5. The number of nitrogens with zero attached hydrogens (tertiary/aromatic N) is 4. The Balaban J connectivity index is 1.65. The molecule has 2 aliphatic rings. The second-order valence-corrected chi connectivity index (χ2v) is 11.0. The van der Waals surface area contributed by atoms with Crippen molar-refractivity contribution in [1.29, 1.82) is 0 Å². The van der Waals surface area contributed by atoms with Crippen LogP contribution in [0.15, 0.2) is 76.7 Å². The van der Waals surface area contributed by atoms with Crippen molar-refractivity contribution in [2.24, 2.45) is 5.41 Å². The van der Waals surface area contributed by atoms with E-state index in [4.69, 9.17) is 4.84 Å². The van der Waals surface area contributed by atoms with Crippen molar-refractivity contribution < 1.29 is 9.63 Å². The quantitative estimate of drug-likeness (QED) is 0.342. The minimum Gasteiger partial charge on any atom is -0.287 e. The zero-order valence-corrected chi connectivity index (χ0v) is 22.4. The van der Waals surface area contributed by atoms with Crippen molar-refractivity contribution in [2.45, 2.75) is 26.4 Å². The molecule has 0 aliphatic heterocycles. The third-order valence-electron chi connectivity index (χ3n) is 7.66. The number of rotatable bonds is 6. The number of carbonyl (C=O) groups is 1. The SMILES string of the molecule is CON(C)C(=O)C1=Cc2c(n(Cc3cccs3)c(=O)n2Cc2cccnc2)C=C2c3ccccc3C[C@]12C. The van der Waals surface area contributed by atoms with Crippen LogP contribution in [0.1, 0.15) is 39.9 Å². The Bertz CT molecular complexity index is 1650. The van der Waals surface area contributed by atoms with E-state index in [-0.39, 0.29) is 11.6 Å². The Kier molecular flexibility index (Phi) is 6.01. The van der Waals surface area contributed by atoms with E-state index >= 15 is 0 Å². The average molecular weight is 525 g/mol. The van der Waals surface area contributed by atoms with Crippen LogP contribution in [0.4, 0.5) is 0 Å². The van der Waals surface area contributed by atoms with Gasteiger partial charge in [0.05, 0.1) is 31.6 Å². The van der Waals surface area contributed by atoms with E-state index in [0.717, 1.165) is 27.3 Å². The van der Waals surface area contributed by atoms with Crippen LogP contribution in [-0.4, -0.2) is 39.2 Å². The third-order valence-corrected chi connectivity index (χ3v) is 8.52. The van der Waals surface area contributed by atoms with E-state index in [1.165, 1.54) is 17.7 Å². The van der Waals surface area contributed by atoms with E-state index < -0.39 is 5.41 Å². The number of hydrogen-bond donors (Lipinski definition) is 0. The van der Waals surface area contributed by atoms with Gasteiger partial charge in [-0.05, 0) is 58.3 Å². The van der Waals surface area contributed by atoms with Crippen LogP contribution in [0.5, 0.6) is 0 Å². The summed E-state index contributed by atoms with van der Waals surface area (Å²) >= 11 is 1.62. The third kappa shape index (κ3) is 3.88. The highest BCUT2D eigenvalue weighted by atomic mass is 32.1. The number of hydrogen-bond acceptors (Lipinski definition) is 5. The number of amides is 1. The van der Waals surface area contributed by atoms with E-state index in [2.05, 4.69) is 30.1 Å². The summed E-state index contributed by atoms with van der Waals surface area (Å²) < 4.78 is 3.59. The molecule has 1 aromatic carbocycles. The summed E-state index contributed by atoms with van der Waals surface area (Å²) in [7, 11) is 3.10. The molecule has 1 atom stereocenters. The molecule has 4 aromatic rings. The number of benzene rings is 1. The van der Waals surface area contributed by atoms with Crippen molar-refractivity contribution in [2.75, 3.05) is 14.2 Å². The summed E-state index contributed by atoms with van der Waals surface area (Å²) in [6.07, 6.45) is 8.21. The molecule has 0 radical (unpaired) electrons. The van der Waals surface area contributed by atoms with Crippen molar-refractivity contribution in [3.8, 4) is 0 Å². The molecule has 3 aromatic heterocycles. The molecule has 3 heterocycles. The fraction of sp³-hybridized carbons (Fsp3) is 0.233. The highest BCUT2D eigenvalue weighted by Gasteiger charge is 2.46. The van der Waals surface area contributed by atoms with Gasteiger partial charge >= 0.3 is 5.69 Å². The van der Waals surface area contributed by atoms with Crippen molar-refractivity contribution in [1.82, 2.24) is 19.2 Å². The molecule has 0 saturated carbocycles. The molecule has 0 saturated heterocycles. The second kappa shape index (κ2) is 9.38. The van der Waals surface area contributed by atoms with Gasteiger partial charge < -0.3 is 0 Å². The van der Waals surface area contributed by atoms with Gasteiger partial charge in [0, 0.05) is 35.3 Å². The summed E-state index contributed by atoms with van der Waals surface area (Å²) in [5.41, 5.74) is 5.64. The van der Waals surface area contributed by atoms with Crippen LogP contribution in [-0.2, 0) is 29.1 Å². The maximum absolute atomic E-state index is 14.0. The van der Waals surface area contributed by atoms with Crippen molar-refractivity contribution in [3.63, 3.8) is 0 Å². The van der Waals surface area contributed by atoms with Crippen LogP contribution in [0.2, 0.25) is 0 Å². The minimum atomic E-state index is -0.588. The first-order valence-electron chi connectivity index (χ1n) is 12.5. The fourth-order valence-electron chi connectivity index (χ4n) is 5.64. The number of imidazole rings is 1. The molecule has 0 N–H and O–H groups in total. The maximum atomic E-state index is 14.0. The Labute approximate surface area is 224 Å². The summed E-state index contributed by atoms with van der Waals surface area (Å²) in [5, 5.41) is 3.28. The molecule has 0 bridgehead atoms. The summed E-state index contributed by atoms with van der Waals surface area (Å²) in [6, 6.07) is 16.1. The molecular formula is C30H28N4O3S. The Hall–Kier alpha value is -4.01. The van der Waals surface area contributed by atoms with E-state index in [1.54, 1.807) is 35.3 Å². The molecule has 6 rings (SSSR count). The van der Waals surface area contributed by atoms with Gasteiger partial charge in [-0.25, -0.2) is 9.86 Å². The molecule has 0 unspecified atom stereocenters. The largest absolute Gasteiger partial charge is 0.329 e. The van der Waals surface area contributed by atoms with Gasteiger partial charge in [0.15, 0.2) is 0 Å². The number of fused-ring (bicyclic) bond motifs is 4. The van der Waals surface area contributed by atoms with Gasteiger partial charge in [-0.3, -0.25) is 23.8 Å². The highest BCUT2D eigenvalue weighted by molar-refractivity contribution is 7.09. The lowest BCUT2D eigenvalue weighted by atomic mass is 9.75. The lowest BCUT2D eigenvalue weighted by molar-refractivity contribution is -0.164.